The molecule has 0 aliphatic rings. The minimum Gasteiger partial charge on any atom is -0.494 e. The van der Waals surface area contributed by atoms with Crippen molar-refractivity contribution in [1.29, 1.82) is 0 Å². The minimum absolute atomic E-state index is 0.228. The molecule has 0 aromatic heterocycles. The molecule has 3 heteroatoms. The van der Waals surface area contributed by atoms with E-state index < -0.39 is 0 Å². The summed E-state index contributed by atoms with van der Waals surface area (Å²) in [6, 6.07) is 8.24. The van der Waals surface area contributed by atoms with Gasteiger partial charge in [0.25, 0.3) is 0 Å². The van der Waals surface area contributed by atoms with Crippen LogP contribution >= 0.6 is 0 Å². The average molecular weight is 250 g/mol. The molecule has 0 saturated heterocycles. The van der Waals surface area contributed by atoms with E-state index in [0.717, 1.165) is 31.8 Å². The van der Waals surface area contributed by atoms with Crippen LogP contribution < -0.4 is 15.8 Å². The fourth-order valence-corrected chi connectivity index (χ4v) is 1.63. The van der Waals surface area contributed by atoms with Crippen molar-refractivity contribution in [3.63, 3.8) is 0 Å². The van der Waals surface area contributed by atoms with Crippen molar-refractivity contribution in [3.8, 4) is 5.75 Å². The van der Waals surface area contributed by atoms with Crippen LogP contribution in [0.2, 0.25) is 0 Å². The predicted octanol–water partition coefficient (Wildman–Crippen LogP) is 2.55. The van der Waals surface area contributed by atoms with Gasteiger partial charge in [-0.3, -0.25) is 0 Å². The van der Waals surface area contributed by atoms with Gasteiger partial charge in [-0.1, -0.05) is 26.0 Å². The number of hydrogen-bond donors (Lipinski definition) is 2. The number of ether oxygens (including phenoxy) is 1. The maximum absolute atomic E-state index is 5.70. The largest absolute Gasteiger partial charge is 0.494 e. The van der Waals surface area contributed by atoms with Crippen LogP contribution in [-0.4, -0.2) is 19.7 Å². The Balaban J connectivity index is 2.27. The monoisotopic (exact) mass is 250 g/mol. The van der Waals surface area contributed by atoms with E-state index in [-0.39, 0.29) is 5.41 Å². The number of rotatable bonds is 8. The molecule has 0 amide bonds. The summed E-state index contributed by atoms with van der Waals surface area (Å²) in [5.74, 6) is 0.936. The summed E-state index contributed by atoms with van der Waals surface area (Å²) in [6.07, 6.45) is 1.10. The molecular weight excluding hydrogens is 224 g/mol. The summed E-state index contributed by atoms with van der Waals surface area (Å²) in [5.41, 5.74) is 7.21. The number of benzene rings is 1. The molecule has 0 atom stereocenters. The van der Waals surface area contributed by atoms with Gasteiger partial charge in [0, 0.05) is 6.54 Å². The van der Waals surface area contributed by atoms with E-state index in [1.54, 1.807) is 0 Å². The van der Waals surface area contributed by atoms with Crippen LogP contribution in [0.1, 0.15) is 32.8 Å². The lowest BCUT2D eigenvalue weighted by Crippen LogP contribution is -2.28. The molecule has 3 N–H and O–H groups in total. The first-order chi connectivity index (χ1) is 8.57. The summed E-state index contributed by atoms with van der Waals surface area (Å²) in [7, 11) is 0. The molecule has 18 heavy (non-hydrogen) atoms. The summed E-state index contributed by atoms with van der Waals surface area (Å²) < 4.78 is 5.41. The summed E-state index contributed by atoms with van der Waals surface area (Å²) >= 11 is 0. The molecule has 0 fully saturated rings. The lowest BCUT2D eigenvalue weighted by Gasteiger charge is -2.22. The Morgan fingerprint density at radius 2 is 1.89 bits per heavy atom. The van der Waals surface area contributed by atoms with Crippen molar-refractivity contribution in [1.82, 2.24) is 5.32 Å². The molecule has 0 aliphatic carbocycles. The first-order valence-electron chi connectivity index (χ1n) is 6.70. The average Bonchev–Trinajstić information content (AvgIpc) is 2.37. The summed E-state index contributed by atoms with van der Waals surface area (Å²) in [4.78, 5) is 0. The van der Waals surface area contributed by atoms with Crippen molar-refractivity contribution < 1.29 is 4.74 Å². The Morgan fingerprint density at radius 1 is 1.22 bits per heavy atom. The second-order valence-corrected chi connectivity index (χ2v) is 5.37. The van der Waals surface area contributed by atoms with Crippen LogP contribution in [0.25, 0.3) is 0 Å². The third-order valence-electron chi connectivity index (χ3n) is 3.09. The van der Waals surface area contributed by atoms with Gasteiger partial charge in [-0.25, -0.2) is 0 Å². The molecule has 1 aromatic rings. The molecule has 102 valence electrons. The van der Waals surface area contributed by atoms with Gasteiger partial charge in [-0.2, -0.15) is 0 Å². The number of hydrogen-bond acceptors (Lipinski definition) is 3. The minimum atomic E-state index is 0.228. The Kier molecular flexibility index (Phi) is 6.16. The van der Waals surface area contributed by atoms with Crippen LogP contribution in [0.5, 0.6) is 5.75 Å². The smallest absolute Gasteiger partial charge is 0.119 e. The van der Waals surface area contributed by atoms with Gasteiger partial charge in [-0.05, 0) is 49.5 Å². The lowest BCUT2D eigenvalue weighted by molar-refractivity contribution is 0.338. The van der Waals surface area contributed by atoms with Crippen LogP contribution in [0.3, 0.4) is 0 Å². The van der Waals surface area contributed by atoms with E-state index in [2.05, 4.69) is 31.3 Å². The standard InChI is InChI=1S/C15H26N2O/c1-4-18-14-7-5-13(6-8-14)11-17-10-9-15(2,3)12-16/h5-8,17H,4,9-12,16H2,1-3H3. The van der Waals surface area contributed by atoms with Crippen molar-refractivity contribution in [2.24, 2.45) is 11.1 Å². The highest BCUT2D eigenvalue weighted by Crippen LogP contribution is 2.17. The molecule has 0 bridgehead atoms. The third kappa shape index (κ3) is 5.52. The second kappa shape index (κ2) is 7.39. The van der Waals surface area contributed by atoms with E-state index >= 15 is 0 Å². The first-order valence-corrected chi connectivity index (χ1v) is 6.70. The zero-order chi connectivity index (χ0) is 13.4. The molecule has 1 aromatic carbocycles. The van der Waals surface area contributed by atoms with Gasteiger partial charge in [0.1, 0.15) is 5.75 Å². The lowest BCUT2D eigenvalue weighted by atomic mass is 9.90. The highest BCUT2D eigenvalue weighted by atomic mass is 16.5. The highest BCUT2D eigenvalue weighted by Gasteiger charge is 2.14. The van der Waals surface area contributed by atoms with Crippen LogP contribution in [0, 0.1) is 5.41 Å². The van der Waals surface area contributed by atoms with E-state index in [9.17, 15) is 0 Å². The van der Waals surface area contributed by atoms with Crippen LogP contribution in [0.15, 0.2) is 24.3 Å². The molecule has 0 heterocycles. The Morgan fingerprint density at radius 3 is 2.44 bits per heavy atom. The zero-order valence-corrected chi connectivity index (χ0v) is 11.8. The molecule has 3 nitrogen and oxygen atoms in total. The molecule has 0 unspecified atom stereocenters. The highest BCUT2D eigenvalue weighted by molar-refractivity contribution is 5.27. The van der Waals surface area contributed by atoms with Gasteiger partial charge >= 0.3 is 0 Å². The van der Waals surface area contributed by atoms with E-state index in [4.69, 9.17) is 10.5 Å². The maximum Gasteiger partial charge on any atom is 0.119 e. The van der Waals surface area contributed by atoms with E-state index in [0.29, 0.717) is 6.61 Å². The van der Waals surface area contributed by atoms with Crippen molar-refractivity contribution in [2.75, 3.05) is 19.7 Å². The van der Waals surface area contributed by atoms with Crippen LogP contribution in [-0.2, 0) is 6.54 Å². The van der Waals surface area contributed by atoms with Crippen molar-refractivity contribution in [3.05, 3.63) is 29.8 Å². The number of nitrogens with one attached hydrogen (secondary N) is 1. The number of nitrogens with two attached hydrogens (primary N) is 1. The molecule has 0 radical (unpaired) electrons. The van der Waals surface area contributed by atoms with E-state index in [1.165, 1.54) is 5.56 Å². The zero-order valence-electron chi connectivity index (χ0n) is 11.8. The SMILES string of the molecule is CCOc1ccc(CNCCC(C)(C)CN)cc1. The fraction of sp³-hybridized carbons (Fsp3) is 0.600. The van der Waals surface area contributed by atoms with Crippen molar-refractivity contribution >= 4 is 0 Å². The Bertz CT molecular complexity index is 333. The molecule has 0 saturated carbocycles. The van der Waals surface area contributed by atoms with Gasteiger partial charge in [0.05, 0.1) is 6.61 Å². The van der Waals surface area contributed by atoms with Gasteiger partial charge in [0.15, 0.2) is 0 Å². The Hall–Kier alpha value is -1.06. The van der Waals surface area contributed by atoms with Gasteiger partial charge in [-0.15, -0.1) is 0 Å². The molecule has 0 aliphatic heterocycles. The van der Waals surface area contributed by atoms with Gasteiger partial charge < -0.3 is 15.8 Å². The maximum atomic E-state index is 5.70. The molecule has 1 rings (SSSR count). The quantitative estimate of drug-likeness (QED) is 0.697. The first kappa shape index (κ1) is 15.0. The predicted molar refractivity (Wildman–Crippen MR) is 76.8 cm³/mol. The van der Waals surface area contributed by atoms with E-state index in [1.807, 2.05) is 19.1 Å². The summed E-state index contributed by atoms with van der Waals surface area (Å²) in [6.45, 7) is 9.74. The second-order valence-electron chi connectivity index (χ2n) is 5.37. The third-order valence-corrected chi connectivity index (χ3v) is 3.09. The Labute approximate surface area is 111 Å². The van der Waals surface area contributed by atoms with Gasteiger partial charge in [0.2, 0.25) is 0 Å². The van der Waals surface area contributed by atoms with Crippen molar-refractivity contribution in [2.45, 2.75) is 33.7 Å². The molecule has 0 spiro atoms. The van der Waals surface area contributed by atoms with Crippen LogP contribution in [0.4, 0.5) is 0 Å². The summed E-state index contributed by atoms with van der Waals surface area (Å²) in [5, 5.41) is 3.45. The molecular formula is C15H26N2O. The fourth-order valence-electron chi connectivity index (χ4n) is 1.63. The normalized spacial score (nSPS) is 11.6. The topological polar surface area (TPSA) is 47.3 Å².